The highest BCUT2D eigenvalue weighted by Crippen LogP contribution is 2.53. The minimum absolute atomic E-state index is 0.0331. The summed E-state index contributed by atoms with van der Waals surface area (Å²) in [6.07, 6.45) is 4.07. The van der Waals surface area contributed by atoms with Gasteiger partial charge < -0.3 is 4.43 Å². The molecule has 24 heavy (non-hydrogen) atoms. The summed E-state index contributed by atoms with van der Waals surface area (Å²) in [7, 11) is -1.72. The second-order valence-electron chi connectivity index (χ2n) is 8.03. The van der Waals surface area contributed by atoms with Crippen LogP contribution in [0.2, 0.25) is 19.6 Å². The number of para-hydroxylation sites is 1. The van der Waals surface area contributed by atoms with Gasteiger partial charge in [0.1, 0.15) is 0 Å². The van der Waals surface area contributed by atoms with E-state index < -0.39 is 8.32 Å². The van der Waals surface area contributed by atoms with Gasteiger partial charge in [-0.1, -0.05) is 18.2 Å². The summed E-state index contributed by atoms with van der Waals surface area (Å²) in [5, 5.41) is 0. The van der Waals surface area contributed by atoms with Gasteiger partial charge in [-0.15, -0.1) is 0 Å². The van der Waals surface area contributed by atoms with Crippen molar-refractivity contribution in [3.05, 3.63) is 42.2 Å². The predicted molar refractivity (Wildman–Crippen MR) is 94.6 cm³/mol. The van der Waals surface area contributed by atoms with E-state index >= 15 is 0 Å². The molecule has 1 saturated carbocycles. The van der Waals surface area contributed by atoms with Crippen LogP contribution in [0.4, 0.5) is 5.69 Å². The van der Waals surface area contributed by atoms with Crippen molar-refractivity contribution in [2.45, 2.75) is 32.5 Å². The van der Waals surface area contributed by atoms with Crippen molar-refractivity contribution in [2.24, 2.45) is 23.7 Å². The number of carbonyl (C=O) groups is 2. The summed E-state index contributed by atoms with van der Waals surface area (Å²) < 4.78 is 6.26. The Morgan fingerprint density at radius 1 is 1.00 bits per heavy atom. The van der Waals surface area contributed by atoms with Gasteiger partial charge >= 0.3 is 0 Å². The van der Waals surface area contributed by atoms with E-state index in [1.165, 1.54) is 4.90 Å². The van der Waals surface area contributed by atoms with Crippen molar-refractivity contribution >= 4 is 25.8 Å². The highest BCUT2D eigenvalue weighted by molar-refractivity contribution is 6.70. The first-order valence-corrected chi connectivity index (χ1v) is 12.1. The number of amides is 2. The Kier molecular flexibility index (Phi) is 3.46. The molecule has 5 heteroatoms. The molecule has 1 saturated heterocycles. The summed E-state index contributed by atoms with van der Waals surface area (Å²) in [5.74, 6) is 0.652. The minimum Gasteiger partial charge on any atom is -0.547 e. The highest BCUT2D eigenvalue weighted by Gasteiger charge is 2.59. The molecule has 126 valence electrons. The van der Waals surface area contributed by atoms with E-state index in [1.807, 2.05) is 30.3 Å². The molecular formula is C19H23NO3Si. The Morgan fingerprint density at radius 3 is 2.33 bits per heavy atom. The van der Waals surface area contributed by atoms with Crippen LogP contribution < -0.4 is 4.90 Å². The van der Waals surface area contributed by atoms with Crippen LogP contribution in [0.15, 0.2) is 42.2 Å². The quantitative estimate of drug-likeness (QED) is 0.624. The normalized spacial score (nSPS) is 32.0. The largest absolute Gasteiger partial charge is 0.547 e. The maximum Gasteiger partial charge on any atom is 0.241 e. The fourth-order valence-electron chi connectivity index (χ4n) is 4.45. The second-order valence-corrected chi connectivity index (χ2v) is 12.5. The average molecular weight is 341 g/mol. The van der Waals surface area contributed by atoms with Gasteiger partial charge in [0.15, 0.2) is 0 Å². The Balaban J connectivity index is 1.69. The lowest BCUT2D eigenvalue weighted by Gasteiger charge is -2.43. The molecule has 1 aliphatic heterocycles. The van der Waals surface area contributed by atoms with Gasteiger partial charge in [-0.25, -0.2) is 0 Å². The summed E-state index contributed by atoms with van der Waals surface area (Å²) >= 11 is 0. The maximum atomic E-state index is 13.1. The van der Waals surface area contributed by atoms with Crippen LogP contribution in [0, 0.1) is 23.7 Å². The van der Waals surface area contributed by atoms with E-state index in [0.29, 0.717) is 5.69 Å². The summed E-state index contributed by atoms with van der Waals surface area (Å²) in [4.78, 5) is 27.5. The lowest BCUT2D eigenvalue weighted by molar-refractivity contribution is -0.125. The third-order valence-electron chi connectivity index (χ3n) is 5.29. The Labute approximate surface area is 143 Å². The standard InChI is InChI=1S/C19H23NO3Si/c1-24(2,3)23-15-11-12-9-10-14(15)17-16(12)18(21)20(19(17)22)13-7-5-4-6-8-13/h4-8,11-12,14,16-17H,9-10H2,1-3H3/t12-,14+,16+,17-/m1/s1. The molecule has 1 aromatic rings. The molecule has 1 aromatic carbocycles. The van der Waals surface area contributed by atoms with Gasteiger partial charge in [0.05, 0.1) is 23.3 Å². The lowest BCUT2D eigenvalue weighted by Crippen LogP contribution is -2.43. The monoisotopic (exact) mass is 341 g/mol. The van der Waals surface area contributed by atoms with E-state index in [9.17, 15) is 9.59 Å². The van der Waals surface area contributed by atoms with Crippen LogP contribution in [0.1, 0.15) is 12.8 Å². The molecular weight excluding hydrogens is 318 g/mol. The van der Waals surface area contributed by atoms with E-state index in [2.05, 4.69) is 25.7 Å². The first kappa shape index (κ1) is 15.6. The number of hydrogen-bond acceptors (Lipinski definition) is 3. The Hall–Kier alpha value is -1.88. The molecule has 5 rings (SSSR count). The van der Waals surface area contributed by atoms with E-state index in [0.717, 1.165) is 18.6 Å². The van der Waals surface area contributed by atoms with Gasteiger partial charge in [-0.2, -0.15) is 0 Å². The smallest absolute Gasteiger partial charge is 0.241 e. The molecule has 2 amide bonds. The van der Waals surface area contributed by atoms with Gasteiger partial charge in [0.2, 0.25) is 20.1 Å². The maximum absolute atomic E-state index is 13.1. The summed E-state index contributed by atoms with van der Waals surface area (Å²) in [6, 6.07) is 9.30. The molecule has 0 radical (unpaired) electrons. The number of benzene rings is 1. The minimum atomic E-state index is -1.72. The molecule has 4 atom stereocenters. The summed E-state index contributed by atoms with van der Waals surface area (Å²) in [5.41, 5.74) is 0.689. The number of imide groups is 1. The van der Waals surface area contributed by atoms with Crippen molar-refractivity contribution < 1.29 is 14.0 Å². The van der Waals surface area contributed by atoms with Crippen molar-refractivity contribution in [2.75, 3.05) is 4.90 Å². The van der Waals surface area contributed by atoms with Crippen LogP contribution in [0.3, 0.4) is 0 Å². The van der Waals surface area contributed by atoms with Crippen molar-refractivity contribution in [1.82, 2.24) is 0 Å². The van der Waals surface area contributed by atoms with Gasteiger partial charge in [-0.05, 0) is 56.6 Å². The van der Waals surface area contributed by atoms with Gasteiger partial charge in [0.25, 0.3) is 0 Å². The highest BCUT2D eigenvalue weighted by atomic mass is 28.4. The third kappa shape index (κ3) is 2.33. The predicted octanol–water partition coefficient (Wildman–Crippen LogP) is 3.57. The van der Waals surface area contributed by atoms with E-state index in [1.54, 1.807) is 0 Å². The number of hydrogen-bond donors (Lipinski definition) is 0. The topological polar surface area (TPSA) is 46.6 Å². The second kappa shape index (κ2) is 5.31. The number of anilines is 1. The molecule has 2 bridgehead atoms. The average Bonchev–Trinajstić information content (AvgIpc) is 2.80. The van der Waals surface area contributed by atoms with Crippen LogP contribution in [0.5, 0.6) is 0 Å². The number of nitrogens with zero attached hydrogens (tertiary/aromatic N) is 1. The van der Waals surface area contributed by atoms with Gasteiger partial charge in [-0.3, -0.25) is 14.5 Å². The number of rotatable bonds is 3. The molecule has 2 fully saturated rings. The first-order valence-electron chi connectivity index (χ1n) is 8.70. The molecule has 4 aliphatic rings. The van der Waals surface area contributed by atoms with Crippen LogP contribution in [0.25, 0.3) is 0 Å². The molecule has 3 aliphatic carbocycles. The Morgan fingerprint density at radius 2 is 1.67 bits per heavy atom. The van der Waals surface area contributed by atoms with Crippen molar-refractivity contribution in [1.29, 1.82) is 0 Å². The molecule has 0 N–H and O–H groups in total. The number of allylic oxidation sites excluding steroid dienone is 2. The van der Waals surface area contributed by atoms with Crippen molar-refractivity contribution in [3.8, 4) is 0 Å². The molecule has 4 nitrogen and oxygen atoms in total. The fourth-order valence-corrected chi connectivity index (χ4v) is 5.38. The number of carbonyl (C=O) groups excluding carboxylic acids is 2. The summed E-state index contributed by atoms with van der Waals surface area (Å²) in [6.45, 7) is 6.47. The molecule has 1 heterocycles. The van der Waals surface area contributed by atoms with Crippen LogP contribution >= 0.6 is 0 Å². The van der Waals surface area contributed by atoms with Crippen LogP contribution in [-0.4, -0.2) is 20.1 Å². The molecule has 0 aromatic heterocycles. The zero-order chi connectivity index (χ0) is 17.1. The van der Waals surface area contributed by atoms with E-state index in [4.69, 9.17) is 4.43 Å². The number of fused-ring (bicyclic) bond motifs is 1. The van der Waals surface area contributed by atoms with E-state index in [-0.39, 0.29) is 35.5 Å². The lowest BCUT2D eigenvalue weighted by atomic mass is 9.62. The zero-order valence-electron chi connectivity index (χ0n) is 14.4. The van der Waals surface area contributed by atoms with Gasteiger partial charge in [0, 0.05) is 5.92 Å². The fraction of sp³-hybridized carbons (Fsp3) is 0.474. The molecule has 0 spiro atoms. The SMILES string of the molecule is C[Si](C)(C)OC1=C[C@H]2CC[C@@H]1[C@H]1C(=O)N(c3ccccc3)C(=O)[C@H]12. The Bertz CT molecular complexity index is 722. The van der Waals surface area contributed by atoms with Crippen LogP contribution in [-0.2, 0) is 14.0 Å². The zero-order valence-corrected chi connectivity index (χ0v) is 15.4. The van der Waals surface area contributed by atoms with Crippen molar-refractivity contribution in [3.63, 3.8) is 0 Å². The molecule has 0 unspecified atom stereocenters. The first-order chi connectivity index (χ1) is 11.4. The third-order valence-corrected chi connectivity index (χ3v) is 6.13.